The summed E-state index contributed by atoms with van der Waals surface area (Å²) in [6.45, 7) is -0.732. The first-order valence-electron chi connectivity index (χ1n) is 7.94. The van der Waals surface area contributed by atoms with E-state index in [0.29, 0.717) is 16.1 Å². The molecule has 3 N–H and O–H groups in total. The second kappa shape index (κ2) is 8.67. The zero-order chi connectivity index (χ0) is 21.0. The predicted molar refractivity (Wildman–Crippen MR) is 105 cm³/mol. The fraction of sp³-hybridized carbons (Fsp3) is 0.0556. The van der Waals surface area contributed by atoms with E-state index in [4.69, 9.17) is 21.4 Å². The van der Waals surface area contributed by atoms with Crippen molar-refractivity contribution < 1.29 is 29.3 Å². The van der Waals surface area contributed by atoms with Gasteiger partial charge in [-0.25, -0.2) is 14.6 Å². The van der Waals surface area contributed by atoms with Crippen LogP contribution >= 0.6 is 22.9 Å². The van der Waals surface area contributed by atoms with E-state index in [0.717, 1.165) is 11.3 Å². The number of aromatic nitrogens is 2. The van der Waals surface area contributed by atoms with E-state index in [1.165, 1.54) is 18.6 Å². The van der Waals surface area contributed by atoms with Crippen molar-refractivity contribution in [3.8, 4) is 16.2 Å². The minimum Gasteiger partial charge on any atom is -0.479 e. The first kappa shape index (κ1) is 20.2. The normalized spacial score (nSPS) is 10.4. The second-order valence-corrected chi connectivity index (χ2v) is 6.92. The molecule has 0 bridgehead atoms. The molecule has 1 amide bonds. The number of ether oxygens (including phenoxy) is 1. The van der Waals surface area contributed by atoms with Gasteiger partial charge in [-0.3, -0.25) is 9.78 Å². The molecular formula is C18H12ClN3O6S. The highest BCUT2D eigenvalue weighted by atomic mass is 35.5. The number of halogens is 1. The summed E-state index contributed by atoms with van der Waals surface area (Å²) < 4.78 is 5.06. The minimum atomic E-state index is -1.30. The number of anilines is 1. The highest BCUT2D eigenvalue weighted by Gasteiger charge is 2.25. The molecule has 0 aliphatic rings. The smallest absolute Gasteiger partial charge is 0.349 e. The molecule has 0 saturated heterocycles. The van der Waals surface area contributed by atoms with Crippen molar-refractivity contribution in [1.29, 1.82) is 0 Å². The van der Waals surface area contributed by atoms with Crippen molar-refractivity contribution in [3.63, 3.8) is 0 Å². The maximum Gasteiger partial charge on any atom is 0.349 e. The molecule has 0 unspecified atom stereocenters. The largest absolute Gasteiger partial charge is 0.479 e. The van der Waals surface area contributed by atoms with Gasteiger partial charge in [0.15, 0.2) is 17.2 Å². The maximum absolute atomic E-state index is 12.2. The summed E-state index contributed by atoms with van der Waals surface area (Å²) in [5, 5.41) is 20.8. The van der Waals surface area contributed by atoms with E-state index in [9.17, 15) is 19.5 Å². The minimum absolute atomic E-state index is 0.0222. The number of thiophene rings is 1. The number of carbonyl (C=O) groups excluding carboxylic acids is 1. The van der Waals surface area contributed by atoms with Crippen LogP contribution in [-0.4, -0.2) is 44.6 Å². The Hall–Kier alpha value is -3.50. The molecule has 11 heteroatoms. The van der Waals surface area contributed by atoms with Crippen LogP contribution in [0.4, 0.5) is 5.69 Å². The van der Waals surface area contributed by atoms with Crippen LogP contribution in [0, 0.1) is 0 Å². The van der Waals surface area contributed by atoms with Crippen LogP contribution in [0.25, 0.3) is 10.4 Å². The molecule has 148 valence electrons. The van der Waals surface area contributed by atoms with E-state index in [-0.39, 0.29) is 21.3 Å². The molecular weight excluding hydrogens is 422 g/mol. The Morgan fingerprint density at radius 3 is 2.66 bits per heavy atom. The summed E-state index contributed by atoms with van der Waals surface area (Å²) in [5.41, 5.74) is 1.07. The van der Waals surface area contributed by atoms with Gasteiger partial charge in [0.1, 0.15) is 10.7 Å². The third kappa shape index (κ3) is 4.68. The third-order valence-electron chi connectivity index (χ3n) is 3.52. The van der Waals surface area contributed by atoms with Crippen LogP contribution in [0.2, 0.25) is 5.02 Å². The summed E-state index contributed by atoms with van der Waals surface area (Å²) in [6, 6.07) is 6.55. The van der Waals surface area contributed by atoms with Crippen LogP contribution in [0.1, 0.15) is 20.2 Å². The van der Waals surface area contributed by atoms with E-state index in [2.05, 4.69) is 15.3 Å². The third-order valence-corrected chi connectivity index (χ3v) is 5.20. The van der Waals surface area contributed by atoms with Crippen molar-refractivity contribution in [3.05, 3.63) is 58.4 Å². The van der Waals surface area contributed by atoms with Gasteiger partial charge in [-0.05, 0) is 17.7 Å². The Bertz CT molecular complexity index is 1090. The van der Waals surface area contributed by atoms with Crippen LogP contribution < -0.4 is 10.1 Å². The van der Waals surface area contributed by atoms with Crippen LogP contribution in [0.3, 0.4) is 0 Å². The highest BCUT2D eigenvalue weighted by Crippen LogP contribution is 2.45. The van der Waals surface area contributed by atoms with Gasteiger partial charge in [0.05, 0.1) is 11.1 Å². The van der Waals surface area contributed by atoms with Crippen molar-refractivity contribution in [2.45, 2.75) is 0 Å². The molecule has 0 spiro atoms. The molecule has 9 nitrogen and oxygen atoms in total. The molecule has 0 fully saturated rings. The maximum atomic E-state index is 12.2. The Morgan fingerprint density at radius 1 is 1.21 bits per heavy atom. The second-order valence-electron chi connectivity index (χ2n) is 5.52. The summed E-state index contributed by atoms with van der Waals surface area (Å²) >= 11 is 7.11. The van der Waals surface area contributed by atoms with E-state index in [1.807, 2.05) is 0 Å². The molecule has 0 atom stereocenters. The number of amides is 1. The number of carbonyl (C=O) groups is 3. The van der Waals surface area contributed by atoms with Crippen LogP contribution in [-0.2, 0) is 4.79 Å². The number of hydrogen-bond acceptors (Lipinski definition) is 7. The topological polar surface area (TPSA) is 139 Å². The lowest BCUT2D eigenvalue weighted by Crippen LogP contribution is -2.13. The molecule has 3 rings (SSSR count). The molecule has 0 radical (unpaired) electrons. The Labute approximate surface area is 172 Å². The Morgan fingerprint density at radius 2 is 2.00 bits per heavy atom. The van der Waals surface area contributed by atoms with E-state index >= 15 is 0 Å². The van der Waals surface area contributed by atoms with E-state index < -0.39 is 24.5 Å². The predicted octanol–water partition coefficient (Wildman–Crippen LogP) is 3.27. The zero-order valence-corrected chi connectivity index (χ0v) is 16.0. The molecule has 0 saturated carbocycles. The average Bonchev–Trinajstić information content (AvgIpc) is 3.04. The van der Waals surface area contributed by atoms with Gasteiger partial charge in [0.2, 0.25) is 0 Å². The molecule has 1 aromatic carbocycles. The van der Waals surface area contributed by atoms with Crippen LogP contribution in [0.15, 0.2) is 42.9 Å². The molecule has 0 aliphatic carbocycles. The van der Waals surface area contributed by atoms with Gasteiger partial charge >= 0.3 is 11.9 Å². The fourth-order valence-electron chi connectivity index (χ4n) is 2.33. The quantitative estimate of drug-likeness (QED) is 0.516. The van der Waals surface area contributed by atoms with Crippen molar-refractivity contribution in [1.82, 2.24) is 9.97 Å². The zero-order valence-electron chi connectivity index (χ0n) is 14.5. The first-order valence-corrected chi connectivity index (χ1v) is 9.14. The van der Waals surface area contributed by atoms with Gasteiger partial charge in [0, 0.05) is 18.1 Å². The van der Waals surface area contributed by atoms with Crippen molar-refractivity contribution >= 4 is 46.5 Å². The van der Waals surface area contributed by atoms with Crippen LogP contribution in [0.5, 0.6) is 5.75 Å². The van der Waals surface area contributed by atoms with Gasteiger partial charge in [-0.15, -0.1) is 11.3 Å². The summed E-state index contributed by atoms with van der Waals surface area (Å²) in [7, 11) is 0. The number of benzene rings is 1. The molecule has 2 aromatic heterocycles. The van der Waals surface area contributed by atoms with Crippen molar-refractivity contribution in [2.75, 3.05) is 11.9 Å². The fourth-order valence-corrected chi connectivity index (χ4v) is 3.74. The molecule has 0 aliphatic heterocycles. The molecule has 2 heterocycles. The number of hydrogen-bond donors (Lipinski definition) is 3. The summed E-state index contributed by atoms with van der Waals surface area (Å²) in [4.78, 5) is 42.4. The van der Waals surface area contributed by atoms with Crippen molar-refractivity contribution in [2.24, 2.45) is 0 Å². The Balaban J connectivity index is 1.92. The standard InChI is InChI=1S/C18H12ClN3O6S/c19-13-14(28-8-12(23)24)16(18(26)27)29-15(13)9-2-1-3-10(6-9)22-17(25)11-7-20-4-5-21-11/h1-7H,8H2,(H,22,25)(H,23,24)(H,26,27). The number of rotatable bonds is 7. The van der Waals surface area contributed by atoms with E-state index in [1.54, 1.807) is 24.3 Å². The Kier molecular flexibility index (Phi) is 6.05. The average molecular weight is 434 g/mol. The number of aliphatic carboxylic acids is 1. The SMILES string of the molecule is O=C(O)COc1c(C(=O)O)sc(-c2cccc(NC(=O)c3cnccn3)c2)c1Cl. The number of carboxylic acid groups (broad SMARTS) is 2. The number of nitrogens with zero attached hydrogens (tertiary/aromatic N) is 2. The number of nitrogens with one attached hydrogen (secondary N) is 1. The van der Waals surface area contributed by atoms with Gasteiger partial charge in [-0.2, -0.15) is 0 Å². The summed E-state index contributed by atoms with van der Waals surface area (Å²) in [6.07, 6.45) is 4.16. The lowest BCUT2D eigenvalue weighted by atomic mass is 10.1. The number of aromatic carboxylic acids is 1. The molecule has 3 aromatic rings. The number of carboxylic acids is 2. The van der Waals surface area contributed by atoms with Gasteiger partial charge in [-0.1, -0.05) is 23.7 Å². The van der Waals surface area contributed by atoms with Gasteiger partial charge < -0.3 is 20.3 Å². The first-order chi connectivity index (χ1) is 13.9. The lowest BCUT2D eigenvalue weighted by molar-refractivity contribution is -0.139. The highest BCUT2D eigenvalue weighted by molar-refractivity contribution is 7.18. The molecule has 29 heavy (non-hydrogen) atoms. The summed E-state index contributed by atoms with van der Waals surface area (Å²) in [5.74, 6) is -3.24. The van der Waals surface area contributed by atoms with Gasteiger partial charge in [0.25, 0.3) is 5.91 Å². The lowest BCUT2D eigenvalue weighted by Gasteiger charge is -2.07. The monoisotopic (exact) mass is 433 g/mol.